The lowest BCUT2D eigenvalue weighted by molar-refractivity contribution is 0.298. The van der Waals surface area contributed by atoms with Crippen molar-refractivity contribution in [2.75, 3.05) is 13.6 Å². The van der Waals surface area contributed by atoms with E-state index in [0.29, 0.717) is 5.92 Å². The maximum absolute atomic E-state index is 2.41. The second kappa shape index (κ2) is 4.04. The molecule has 1 unspecified atom stereocenters. The van der Waals surface area contributed by atoms with Gasteiger partial charge in [-0.05, 0) is 29.6 Å². The second-order valence-electron chi connectivity index (χ2n) is 4.47. The Hall–Kier alpha value is -1.12. The normalized spacial score (nSPS) is 20.7. The average Bonchev–Trinajstić information content (AvgIpc) is 2.77. The first-order chi connectivity index (χ1) is 7.84. The molecule has 0 N–H and O–H groups in total. The van der Waals surface area contributed by atoms with E-state index in [1.165, 1.54) is 11.1 Å². The molecule has 0 fully saturated rings. The van der Waals surface area contributed by atoms with E-state index >= 15 is 0 Å². The first kappa shape index (κ1) is 10.1. The molecule has 0 amide bonds. The Balaban J connectivity index is 2.04. The van der Waals surface area contributed by atoms with Crippen LogP contribution in [-0.2, 0) is 6.54 Å². The largest absolute Gasteiger partial charge is 0.301 e. The highest BCUT2D eigenvalue weighted by atomic mass is 32.1. The summed E-state index contributed by atoms with van der Waals surface area (Å²) in [5.41, 5.74) is 2.95. The molecule has 1 aromatic heterocycles. The van der Waals surface area contributed by atoms with E-state index in [1.807, 2.05) is 11.3 Å². The van der Waals surface area contributed by atoms with Crippen LogP contribution in [0.15, 0.2) is 41.8 Å². The van der Waals surface area contributed by atoms with Crippen molar-refractivity contribution in [2.45, 2.75) is 12.5 Å². The third kappa shape index (κ3) is 1.68. The van der Waals surface area contributed by atoms with Crippen molar-refractivity contribution in [1.82, 2.24) is 4.90 Å². The first-order valence-corrected chi connectivity index (χ1v) is 6.52. The van der Waals surface area contributed by atoms with Crippen molar-refractivity contribution in [3.8, 4) is 0 Å². The molecule has 1 aliphatic heterocycles. The van der Waals surface area contributed by atoms with Crippen LogP contribution in [0.3, 0.4) is 0 Å². The number of nitrogens with zero attached hydrogens (tertiary/aromatic N) is 1. The SMILES string of the molecule is CN1Cc2ccsc2C(c2ccccc2)C1. The highest BCUT2D eigenvalue weighted by molar-refractivity contribution is 7.10. The predicted octanol–water partition coefficient (Wildman–Crippen LogP) is 3.33. The minimum Gasteiger partial charge on any atom is -0.301 e. The number of rotatable bonds is 1. The molecule has 2 heterocycles. The van der Waals surface area contributed by atoms with Crippen LogP contribution in [0.1, 0.15) is 21.9 Å². The van der Waals surface area contributed by atoms with Gasteiger partial charge in [-0.2, -0.15) is 0 Å². The van der Waals surface area contributed by atoms with Gasteiger partial charge in [-0.15, -0.1) is 11.3 Å². The minimum atomic E-state index is 0.565. The molecule has 3 rings (SSSR count). The lowest BCUT2D eigenvalue weighted by Crippen LogP contribution is -2.29. The van der Waals surface area contributed by atoms with E-state index in [0.717, 1.165) is 13.1 Å². The van der Waals surface area contributed by atoms with Crippen molar-refractivity contribution in [3.05, 3.63) is 57.8 Å². The molecule has 82 valence electrons. The zero-order chi connectivity index (χ0) is 11.0. The fourth-order valence-electron chi connectivity index (χ4n) is 2.48. The van der Waals surface area contributed by atoms with Gasteiger partial charge in [-0.1, -0.05) is 30.3 Å². The van der Waals surface area contributed by atoms with Gasteiger partial charge in [-0.25, -0.2) is 0 Å². The van der Waals surface area contributed by atoms with Crippen LogP contribution in [0.4, 0.5) is 0 Å². The van der Waals surface area contributed by atoms with Gasteiger partial charge in [0, 0.05) is 23.9 Å². The van der Waals surface area contributed by atoms with Crippen LogP contribution in [0.25, 0.3) is 0 Å². The summed E-state index contributed by atoms with van der Waals surface area (Å²) in [5, 5.41) is 2.22. The van der Waals surface area contributed by atoms with Crippen LogP contribution >= 0.6 is 11.3 Å². The standard InChI is InChI=1S/C14H15NS/c1-15-9-12-7-8-16-14(12)13(10-15)11-5-3-2-4-6-11/h2-8,13H,9-10H2,1H3. The van der Waals surface area contributed by atoms with Gasteiger partial charge in [0.15, 0.2) is 0 Å². The molecule has 0 bridgehead atoms. The molecule has 0 radical (unpaired) electrons. The summed E-state index contributed by atoms with van der Waals surface area (Å²) in [7, 11) is 2.20. The summed E-state index contributed by atoms with van der Waals surface area (Å²) in [6.07, 6.45) is 0. The van der Waals surface area contributed by atoms with Crippen LogP contribution in [0, 0.1) is 0 Å². The summed E-state index contributed by atoms with van der Waals surface area (Å²) in [6.45, 7) is 2.24. The molecule has 2 heteroatoms. The van der Waals surface area contributed by atoms with Gasteiger partial charge >= 0.3 is 0 Å². The van der Waals surface area contributed by atoms with Crippen molar-refractivity contribution in [3.63, 3.8) is 0 Å². The average molecular weight is 229 g/mol. The number of fused-ring (bicyclic) bond motifs is 1. The van der Waals surface area contributed by atoms with Gasteiger partial charge in [0.05, 0.1) is 0 Å². The van der Waals surface area contributed by atoms with Crippen molar-refractivity contribution >= 4 is 11.3 Å². The highest BCUT2D eigenvalue weighted by Crippen LogP contribution is 2.36. The summed E-state index contributed by atoms with van der Waals surface area (Å²) >= 11 is 1.90. The Morgan fingerprint density at radius 1 is 1.19 bits per heavy atom. The van der Waals surface area contributed by atoms with Crippen LogP contribution in [-0.4, -0.2) is 18.5 Å². The maximum atomic E-state index is 2.41. The van der Waals surface area contributed by atoms with E-state index < -0.39 is 0 Å². The zero-order valence-corrected chi connectivity index (χ0v) is 10.2. The van der Waals surface area contributed by atoms with E-state index in [2.05, 4.69) is 53.7 Å². The fraction of sp³-hybridized carbons (Fsp3) is 0.286. The van der Waals surface area contributed by atoms with E-state index in [1.54, 1.807) is 4.88 Å². The predicted molar refractivity (Wildman–Crippen MR) is 68.9 cm³/mol. The second-order valence-corrected chi connectivity index (χ2v) is 5.42. The van der Waals surface area contributed by atoms with E-state index in [-0.39, 0.29) is 0 Å². The molecule has 1 aromatic carbocycles. The van der Waals surface area contributed by atoms with Crippen molar-refractivity contribution in [2.24, 2.45) is 0 Å². The number of thiophene rings is 1. The van der Waals surface area contributed by atoms with Gasteiger partial charge in [0.25, 0.3) is 0 Å². The van der Waals surface area contributed by atoms with Crippen molar-refractivity contribution in [1.29, 1.82) is 0 Å². The van der Waals surface area contributed by atoms with E-state index in [4.69, 9.17) is 0 Å². The third-order valence-corrected chi connectivity index (χ3v) is 4.31. The fourth-order valence-corrected chi connectivity index (χ4v) is 3.51. The highest BCUT2D eigenvalue weighted by Gasteiger charge is 2.25. The van der Waals surface area contributed by atoms with Crippen molar-refractivity contribution < 1.29 is 0 Å². The molecule has 0 spiro atoms. The molecule has 1 atom stereocenters. The molecule has 2 aromatic rings. The summed E-state index contributed by atoms with van der Waals surface area (Å²) in [5.74, 6) is 0.565. The molecular weight excluding hydrogens is 214 g/mol. The van der Waals surface area contributed by atoms with E-state index in [9.17, 15) is 0 Å². The quantitative estimate of drug-likeness (QED) is 0.725. The molecule has 0 aliphatic carbocycles. The smallest absolute Gasteiger partial charge is 0.0314 e. The minimum absolute atomic E-state index is 0.565. The number of likely N-dealkylation sites (N-methyl/N-ethyl adjacent to an activating group) is 1. The number of hydrogen-bond donors (Lipinski definition) is 0. The molecule has 16 heavy (non-hydrogen) atoms. The first-order valence-electron chi connectivity index (χ1n) is 5.64. The Bertz CT molecular complexity index is 474. The van der Waals surface area contributed by atoms with Gasteiger partial charge in [-0.3, -0.25) is 0 Å². The molecular formula is C14H15NS. The lowest BCUT2D eigenvalue weighted by atomic mass is 9.92. The van der Waals surface area contributed by atoms with Gasteiger partial charge < -0.3 is 4.90 Å². The summed E-state index contributed by atoms with van der Waals surface area (Å²) in [6, 6.07) is 13.1. The van der Waals surface area contributed by atoms with Gasteiger partial charge in [0.2, 0.25) is 0 Å². The number of hydrogen-bond acceptors (Lipinski definition) is 2. The topological polar surface area (TPSA) is 3.24 Å². The Labute approximate surface area is 100 Å². The van der Waals surface area contributed by atoms with Crippen LogP contribution < -0.4 is 0 Å². The Morgan fingerprint density at radius 3 is 2.81 bits per heavy atom. The zero-order valence-electron chi connectivity index (χ0n) is 9.39. The molecule has 0 saturated heterocycles. The molecule has 0 saturated carbocycles. The Kier molecular flexibility index (Phi) is 2.54. The Morgan fingerprint density at radius 2 is 2.00 bits per heavy atom. The van der Waals surface area contributed by atoms with Crippen LogP contribution in [0.2, 0.25) is 0 Å². The molecule has 1 aliphatic rings. The summed E-state index contributed by atoms with van der Waals surface area (Å²) < 4.78 is 0. The van der Waals surface area contributed by atoms with Gasteiger partial charge in [0.1, 0.15) is 0 Å². The third-order valence-electron chi connectivity index (χ3n) is 3.23. The monoisotopic (exact) mass is 229 g/mol. The summed E-state index contributed by atoms with van der Waals surface area (Å²) in [4.78, 5) is 3.97. The number of benzene rings is 1. The lowest BCUT2D eigenvalue weighted by Gasteiger charge is -2.30. The molecule has 1 nitrogen and oxygen atoms in total. The van der Waals surface area contributed by atoms with Crippen LogP contribution in [0.5, 0.6) is 0 Å². The maximum Gasteiger partial charge on any atom is 0.0314 e.